The molecular weight excluding hydrogens is 378 g/mol. The Hall–Kier alpha value is -3.41. The Balaban J connectivity index is 1.78. The molecule has 3 aromatic rings. The zero-order valence-corrected chi connectivity index (χ0v) is 17.1. The topological polar surface area (TPSA) is 64.6 Å². The molecule has 2 heterocycles. The zero-order chi connectivity index (χ0) is 20.7. The van der Waals surface area contributed by atoms with E-state index in [4.69, 9.17) is 19.4 Å². The SMILES string of the molecule is COc1ccc(OC)c(-c2nc(N3CCCCC3)nc3c2C(=O)c2ccccc2-3)c1. The minimum absolute atomic E-state index is 0.0503. The standard InChI is InChI=1S/C24H23N3O3/c1-29-15-10-11-19(30-2)18(14-15)22-20-21(16-8-4-5-9-17(16)23(20)28)25-24(26-22)27-12-6-3-7-13-27/h4-5,8-11,14H,3,6-7,12-13H2,1-2H3. The van der Waals surface area contributed by atoms with E-state index in [9.17, 15) is 4.79 Å². The van der Waals surface area contributed by atoms with Gasteiger partial charge in [-0.15, -0.1) is 0 Å². The predicted octanol–water partition coefficient (Wildman–Crippen LogP) is 4.36. The lowest BCUT2D eigenvalue weighted by atomic mass is 10.0. The number of ether oxygens (including phenoxy) is 2. The van der Waals surface area contributed by atoms with E-state index in [1.54, 1.807) is 14.2 Å². The number of rotatable bonds is 4. The molecule has 5 rings (SSSR count). The highest BCUT2D eigenvalue weighted by Crippen LogP contribution is 2.43. The summed E-state index contributed by atoms with van der Waals surface area (Å²) >= 11 is 0. The van der Waals surface area contributed by atoms with Gasteiger partial charge in [-0.2, -0.15) is 0 Å². The molecule has 0 spiro atoms. The third kappa shape index (κ3) is 2.91. The second-order valence-corrected chi connectivity index (χ2v) is 7.58. The maximum Gasteiger partial charge on any atom is 0.226 e. The number of ketones is 1. The maximum atomic E-state index is 13.4. The third-order valence-corrected chi connectivity index (χ3v) is 5.85. The molecule has 0 unspecified atom stereocenters. The van der Waals surface area contributed by atoms with E-state index in [0.29, 0.717) is 40.0 Å². The van der Waals surface area contributed by atoms with Crippen molar-refractivity contribution in [2.75, 3.05) is 32.2 Å². The number of piperidine rings is 1. The Labute approximate surface area is 175 Å². The average Bonchev–Trinajstić information content (AvgIpc) is 3.11. The molecule has 0 N–H and O–H groups in total. The molecule has 1 aliphatic carbocycles. The third-order valence-electron chi connectivity index (χ3n) is 5.85. The summed E-state index contributed by atoms with van der Waals surface area (Å²) in [6.07, 6.45) is 3.46. The number of methoxy groups -OCH3 is 2. The van der Waals surface area contributed by atoms with Crippen LogP contribution in [0.2, 0.25) is 0 Å². The van der Waals surface area contributed by atoms with Crippen LogP contribution in [-0.2, 0) is 0 Å². The molecule has 1 aromatic heterocycles. The molecule has 0 atom stereocenters. The molecule has 1 fully saturated rings. The molecule has 0 saturated carbocycles. The van der Waals surface area contributed by atoms with Crippen LogP contribution >= 0.6 is 0 Å². The Bertz CT molecular complexity index is 1140. The maximum absolute atomic E-state index is 13.4. The zero-order valence-electron chi connectivity index (χ0n) is 17.1. The van der Waals surface area contributed by atoms with E-state index >= 15 is 0 Å². The highest BCUT2D eigenvalue weighted by atomic mass is 16.5. The molecule has 6 heteroatoms. The van der Waals surface area contributed by atoms with E-state index in [1.807, 2.05) is 42.5 Å². The minimum Gasteiger partial charge on any atom is -0.497 e. The van der Waals surface area contributed by atoms with Gasteiger partial charge in [0, 0.05) is 29.8 Å². The first kappa shape index (κ1) is 18.6. The van der Waals surface area contributed by atoms with Crippen LogP contribution in [0, 0.1) is 0 Å². The lowest BCUT2D eigenvalue weighted by molar-refractivity contribution is 0.104. The number of anilines is 1. The fourth-order valence-corrected chi connectivity index (χ4v) is 4.31. The van der Waals surface area contributed by atoms with Crippen LogP contribution in [0.5, 0.6) is 11.5 Å². The highest BCUT2D eigenvalue weighted by Gasteiger charge is 2.34. The van der Waals surface area contributed by atoms with E-state index in [-0.39, 0.29) is 5.78 Å². The smallest absolute Gasteiger partial charge is 0.226 e. The Kier molecular flexibility index (Phi) is 4.62. The molecule has 30 heavy (non-hydrogen) atoms. The normalized spacial score (nSPS) is 15.0. The minimum atomic E-state index is -0.0503. The van der Waals surface area contributed by atoms with E-state index in [0.717, 1.165) is 37.1 Å². The van der Waals surface area contributed by atoms with Crippen molar-refractivity contribution in [1.82, 2.24) is 9.97 Å². The van der Waals surface area contributed by atoms with Crippen molar-refractivity contribution in [2.24, 2.45) is 0 Å². The summed E-state index contributed by atoms with van der Waals surface area (Å²) < 4.78 is 11.1. The lowest BCUT2D eigenvalue weighted by Crippen LogP contribution is -2.31. The second-order valence-electron chi connectivity index (χ2n) is 7.58. The van der Waals surface area contributed by atoms with Crippen molar-refractivity contribution >= 4 is 11.7 Å². The Morgan fingerprint density at radius 1 is 0.833 bits per heavy atom. The first-order valence-corrected chi connectivity index (χ1v) is 10.2. The van der Waals surface area contributed by atoms with Gasteiger partial charge >= 0.3 is 0 Å². The monoisotopic (exact) mass is 401 g/mol. The first-order valence-electron chi connectivity index (χ1n) is 10.2. The van der Waals surface area contributed by atoms with Crippen LogP contribution in [0.3, 0.4) is 0 Å². The van der Waals surface area contributed by atoms with Gasteiger partial charge in [0.1, 0.15) is 11.5 Å². The van der Waals surface area contributed by atoms with Crippen molar-refractivity contribution in [2.45, 2.75) is 19.3 Å². The van der Waals surface area contributed by atoms with Crippen LogP contribution < -0.4 is 14.4 Å². The lowest BCUT2D eigenvalue weighted by Gasteiger charge is -2.27. The molecular formula is C24H23N3O3. The second kappa shape index (κ2) is 7.44. The van der Waals surface area contributed by atoms with Crippen LogP contribution in [0.1, 0.15) is 35.2 Å². The number of fused-ring (bicyclic) bond motifs is 3. The fourth-order valence-electron chi connectivity index (χ4n) is 4.31. The van der Waals surface area contributed by atoms with Gasteiger partial charge in [-0.05, 0) is 37.5 Å². The largest absolute Gasteiger partial charge is 0.497 e. The van der Waals surface area contributed by atoms with Gasteiger partial charge in [0.25, 0.3) is 0 Å². The van der Waals surface area contributed by atoms with E-state index in [1.165, 1.54) is 6.42 Å². The molecule has 0 amide bonds. The number of nitrogens with zero attached hydrogens (tertiary/aromatic N) is 3. The van der Waals surface area contributed by atoms with Crippen molar-refractivity contribution < 1.29 is 14.3 Å². The summed E-state index contributed by atoms with van der Waals surface area (Å²) in [5.74, 6) is 1.94. The molecule has 1 aliphatic heterocycles. The molecule has 2 aliphatic rings. The molecule has 1 saturated heterocycles. The summed E-state index contributed by atoms with van der Waals surface area (Å²) in [4.78, 5) is 25.4. The first-order chi connectivity index (χ1) is 14.7. The quantitative estimate of drug-likeness (QED) is 0.506. The summed E-state index contributed by atoms with van der Waals surface area (Å²) in [5, 5.41) is 0. The van der Waals surface area contributed by atoms with Gasteiger partial charge in [0.2, 0.25) is 5.95 Å². The number of hydrogen-bond acceptors (Lipinski definition) is 6. The Morgan fingerprint density at radius 3 is 2.23 bits per heavy atom. The molecule has 0 radical (unpaired) electrons. The van der Waals surface area contributed by atoms with Crippen molar-refractivity contribution in [3.63, 3.8) is 0 Å². The number of carbonyl (C=O) groups is 1. The van der Waals surface area contributed by atoms with Gasteiger partial charge in [-0.25, -0.2) is 9.97 Å². The molecule has 6 nitrogen and oxygen atoms in total. The van der Waals surface area contributed by atoms with Crippen LogP contribution in [0.25, 0.3) is 22.5 Å². The molecule has 0 bridgehead atoms. The molecule has 152 valence electrons. The van der Waals surface area contributed by atoms with Crippen molar-refractivity contribution in [3.8, 4) is 34.0 Å². The van der Waals surface area contributed by atoms with Crippen molar-refractivity contribution in [3.05, 3.63) is 53.6 Å². The number of benzene rings is 2. The predicted molar refractivity (Wildman–Crippen MR) is 116 cm³/mol. The molecule has 2 aromatic carbocycles. The van der Waals surface area contributed by atoms with E-state index in [2.05, 4.69) is 4.90 Å². The number of hydrogen-bond donors (Lipinski definition) is 0. The number of aromatic nitrogens is 2. The van der Waals surface area contributed by atoms with Crippen LogP contribution in [0.15, 0.2) is 42.5 Å². The summed E-state index contributed by atoms with van der Waals surface area (Å²) in [6.45, 7) is 1.84. The van der Waals surface area contributed by atoms with Gasteiger partial charge in [-0.3, -0.25) is 4.79 Å². The van der Waals surface area contributed by atoms with Gasteiger partial charge in [0.05, 0.1) is 31.2 Å². The highest BCUT2D eigenvalue weighted by molar-refractivity contribution is 6.23. The summed E-state index contributed by atoms with van der Waals surface area (Å²) in [5.41, 5.74) is 4.09. The van der Waals surface area contributed by atoms with Gasteiger partial charge in [-0.1, -0.05) is 24.3 Å². The van der Waals surface area contributed by atoms with Crippen LogP contribution in [-0.4, -0.2) is 43.1 Å². The van der Waals surface area contributed by atoms with Gasteiger partial charge < -0.3 is 14.4 Å². The summed E-state index contributed by atoms with van der Waals surface area (Å²) in [6, 6.07) is 13.2. The number of carbonyl (C=O) groups excluding carboxylic acids is 1. The van der Waals surface area contributed by atoms with Gasteiger partial charge in [0.15, 0.2) is 5.78 Å². The van der Waals surface area contributed by atoms with E-state index < -0.39 is 0 Å². The summed E-state index contributed by atoms with van der Waals surface area (Å²) in [7, 11) is 3.24. The van der Waals surface area contributed by atoms with Crippen LogP contribution in [0.4, 0.5) is 5.95 Å². The fraction of sp³-hybridized carbons (Fsp3) is 0.292. The van der Waals surface area contributed by atoms with Crippen molar-refractivity contribution in [1.29, 1.82) is 0 Å². The average molecular weight is 401 g/mol. The Morgan fingerprint density at radius 2 is 1.53 bits per heavy atom.